The molecule has 0 aliphatic carbocycles. The quantitative estimate of drug-likeness (QED) is 0.707. The van der Waals surface area contributed by atoms with Crippen LogP contribution in [0.15, 0.2) is 42.6 Å². The monoisotopic (exact) mass is 355 g/mol. The van der Waals surface area contributed by atoms with E-state index in [9.17, 15) is 4.79 Å². The second-order valence-corrected chi connectivity index (χ2v) is 6.83. The molecule has 0 bridgehead atoms. The molecular formula is C16H17N7OS. The number of aromatic nitrogens is 5. The first-order chi connectivity index (χ1) is 12.3. The van der Waals surface area contributed by atoms with Crippen molar-refractivity contribution >= 4 is 23.1 Å². The Bertz CT molecular complexity index is 828. The molecule has 1 N–H and O–H groups in total. The number of nitrogens with zero attached hydrogens (tertiary/aromatic N) is 6. The molecule has 0 saturated carbocycles. The fourth-order valence-corrected chi connectivity index (χ4v) is 3.41. The van der Waals surface area contributed by atoms with E-state index in [0.717, 1.165) is 12.2 Å². The van der Waals surface area contributed by atoms with Crippen LogP contribution in [0, 0.1) is 5.92 Å². The van der Waals surface area contributed by atoms with Crippen LogP contribution in [0.3, 0.4) is 0 Å². The lowest BCUT2D eigenvalue weighted by Crippen LogP contribution is -2.54. The highest BCUT2D eigenvalue weighted by Gasteiger charge is 2.33. The Kier molecular flexibility index (Phi) is 4.38. The number of thiophene rings is 1. The van der Waals surface area contributed by atoms with Crippen LogP contribution >= 0.6 is 11.3 Å². The molecular weight excluding hydrogens is 338 g/mol. The van der Waals surface area contributed by atoms with Gasteiger partial charge in [-0.05, 0) is 17.9 Å². The lowest BCUT2D eigenvalue weighted by Gasteiger charge is -2.39. The molecule has 3 aromatic rings. The number of carbonyl (C=O) groups is 1. The summed E-state index contributed by atoms with van der Waals surface area (Å²) in [5.74, 6) is 1.57. The van der Waals surface area contributed by atoms with Gasteiger partial charge in [0.1, 0.15) is 24.8 Å². The van der Waals surface area contributed by atoms with Crippen molar-refractivity contribution in [3.63, 3.8) is 0 Å². The summed E-state index contributed by atoms with van der Waals surface area (Å²) in [6.45, 7) is 2.01. The summed E-state index contributed by atoms with van der Waals surface area (Å²) in [5, 5.41) is 9.13. The van der Waals surface area contributed by atoms with E-state index in [1.807, 2.05) is 12.1 Å². The predicted octanol–water partition coefficient (Wildman–Crippen LogP) is 0.914. The molecule has 1 fully saturated rings. The molecule has 1 aliphatic heterocycles. The van der Waals surface area contributed by atoms with E-state index in [0.29, 0.717) is 25.5 Å². The Labute approximate surface area is 148 Å². The van der Waals surface area contributed by atoms with Crippen molar-refractivity contribution in [3.05, 3.63) is 47.4 Å². The van der Waals surface area contributed by atoms with Gasteiger partial charge in [-0.1, -0.05) is 6.07 Å². The molecule has 0 aromatic carbocycles. The van der Waals surface area contributed by atoms with Gasteiger partial charge in [0.15, 0.2) is 5.82 Å². The zero-order chi connectivity index (χ0) is 17.1. The highest BCUT2D eigenvalue weighted by molar-refractivity contribution is 7.09. The van der Waals surface area contributed by atoms with Gasteiger partial charge < -0.3 is 10.2 Å². The minimum Gasteiger partial charge on any atom is -0.355 e. The summed E-state index contributed by atoms with van der Waals surface area (Å²) in [5.41, 5.74) is 0. The highest BCUT2D eigenvalue weighted by Crippen LogP contribution is 2.23. The second kappa shape index (κ2) is 6.98. The molecule has 3 aromatic heterocycles. The number of rotatable bonds is 6. The molecule has 4 heterocycles. The zero-order valence-electron chi connectivity index (χ0n) is 13.4. The maximum Gasteiger partial charge on any atom is 0.226 e. The predicted molar refractivity (Wildman–Crippen MR) is 93.7 cm³/mol. The third-order valence-corrected chi connectivity index (χ3v) is 5.05. The van der Waals surface area contributed by atoms with Gasteiger partial charge in [0.2, 0.25) is 5.91 Å². The van der Waals surface area contributed by atoms with Crippen LogP contribution in [0.5, 0.6) is 0 Å². The molecule has 25 heavy (non-hydrogen) atoms. The van der Waals surface area contributed by atoms with Crippen LogP contribution in [0.25, 0.3) is 5.82 Å². The van der Waals surface area contributed by atoms with Gasteiger partial charge in [0.05, 0.1) is 5.92 Å². The van der Waals surface area contributed by atoms with Crippen molar-refractivity contribution in [1.82, 2.24) is 30.0 Å². The fraction of sp³-hybridized carbons (Fsp3) is 0.312. The lowest BCUT2D eigenvalue weighted by molar-refractivity contribution is -0.125. The number of nitrogens with one attached hydrogen (secondary N) is 1. The minimum absolute atomic E-state index is 0.00752. The van der Waals surface area contributed by atoms with Gasteiger partial charge in [0.25, 0.3) is 0 Å². The molecule has 0 spiro atoms. The van der Waals surface area contributed by atoms with Crippen LogP contribution in [-0.4, -0.2) is 50.3 Å². The lowest BCUT2D eigenvalue weighted by atomic mass is 9.99. The summed E-state index contributed by atoms with van der Waals surface area (Å²) in [7, 11) is 0. The molecule has 0 unspecified atom stereocenters. The smallest absolute Gasteiger partial charge is 0.226 e. The largest absolute Gasteiger partial charge is 0.355 e. The molecule has 9 heteroatoms. The van der Waals surface area contributed by atoms with Crippen molar-refractivity contribution in [3.8, 4) is 5.82 Å². The Hall–Kier alpha value is -2.81. The number of amides is 1. The zero-order valence-corrected chi connectivity index (χ0v) is 14.3. The first kappa shape index (κ1) is 15.7. The summed E-state index contributed by atoms with van der Waals surface area (Å²) < 4.78 is 1.58. The van der Waals surface area contributed by atoms with Gasteiger partial charge in [-0.25, -0.2) is 19.6 Å². The normalized spacial score (nSPS) is 14.3. The average molecular weight is 355 g/mol. The van der Waals surface area contributed by atoms with Crippen LogP contribution in [0.2, 0.25) is 0 Å². The fourth-order valence-electron chi connectivity index (χ4n) is 2.70. The van der Waals surface area contributed by atoms with Crippen LogP contribution in [0.4, 0.5) is 5.82 Å². The first-order valence-electron chi connectivity index (χ1n) is 8.01. The van der Waals surface area contributed by atoms with Crippen LogP contribution < -0.4 is 10.2 Å². The van der Waals surface area contributed by atoms with Gasteiger partial charge in [-0.2, -0.15) is 5.10 Å². The number of hydrogen-bond acceptors (Lipinski definition) is 7. The molecule has 1 saturated heterocycles. The average Bonchev–Trinajstić information content (AvgIpc) is 3.28. The standard InChI is InChI=1S/C16H17N7OS/c24-16(18-4-3-13-2-1-5-25-13)12-7-22(8-12)14-6-15(20-10-19-14)23-11-17-9-21-23/h1-2,5-6,9-12H,3-4,7-8H2,(H,18,24). The van der Waals surface area contributed by atoms with E-state index in [1.54, 1.807) is 22.3 Å². The molecule has 4 rings (SSSR count). The molecule has 0 atom stereocenters. The summed E-state index contributed by atoms with van der Waals surface area (Å²) >= 11 is 1.72. The Morgan fingerprint density at radius 2 is 2.16 bits per heavy atom. The van der Waals surface area contributed by atoms with E-state index in [4.69, 9.17) is 0 Å². The molecule has 1 aliphatic rings. The van der Waals surface area contributed by atoms with E-state index in [-0.39, 0.29) is 11.8 Å². The number of anilines is 1. The van der Waals surface area contributed by atoms with Crippen molar-refractivity contribution in [2.75, 3.05) is 24.5 Å². The third-order valence-electron chi connectivity index (χ3n) is 4.12. The Morgan fingerprint density at radius 1 is 1.28 bits per heavy atom. The van der Waals surface area contributed by atoms with E-state index >= 15 is 0 Å². The highest BCUT2D eigenvalue weighted by atomic mass is 32.1. The summed E-state index contributed by atoms with van der Waals surface area (Å²) in [6.07, 6.45) is 5.43. The van der Waals surface area contributed by atoms with E-state index < -0.39 is 0 Å². The first-order valence-corrected chi connectivity index (χ1v) is 8.89. The Balaban J connectivity index is 1.28. The topological polar surface area (TPSA) is 88.8 Å². The van der Waals surface area contributed by atoms with Crippen molar-refractivity contribution in [2.24, 2.45) is 5.92 Å². The second-order valence-electron chi connectivity index (χ2n) is 5.80. The molecule has 128 valence electrons. The third kappa shape index (κ3) is 3.50. The van der Waals surface area contributed by atoms with E-state index in [1.165, 1.54) is 17.5 Å². The number of hydrogen-bond donors (Lipinski definition) is 1. The molecule has 8 nitrogen and oxygen atoms in total. The van der Waals surface area contributed by atoms with Gasteiger partial charge in [-0.15, -0.1) is 11.3 Å². The van der Waals surface area contributed by atoms with Crippen LogP contribution in [-0.2, 0) is 11.2 Å². The van der Waals surface area contributed by atoms with Crippen molar-refractivity contribution < 1.29 is 4.79 Å². The van der Waals surface area contributed by atoms with Crippen LogP contribution in [0.1, 0.15) is 4.88 Å². The summed E-state index contributed by atoms with van der Waals surface area (Å²) in [4.78, 5) is 27.9. The molecule has 0 radical (unpaired) electrons. The minimum atomic E-state index is 0.00752. The molecule has 1 amide bonds. The van der Waals surface area contributed by atoms with Crippen molar-refractivity contribution in [2.45, 2.75) is 6.42 Å². The Morgan fingerprint density at radius 3 is 2.92 bits per heavy atom. The number of carbonyl (C=O) groups excluding carboxylic acids is 1. The van der Waals surface area contributed by atoms with Gasteiger partial charge >= 0.3 is 0 Å². The van der Waals surface area contributed by atoms with E-state index in [2.05, 4.69) is 41.7 Å². The SMILES string of the molecule is O=C(NCCc1cccs1)C1CN(c2cc(-n3cncn3)ncn2)C1. The summed E-state index contributed by atoms with van der Waals surface area (Å²) in [6, 6.07) is 5.96. The van der Waals surface area contributed by atoms with Gasteiger partial charge in [0, 0.05) is 30.6 Å². The van der Waals surface area contributed by atoms with Gasteiger partial charge in [-0.3, -0.25) is 4.79 Å². The van der Waals surface area contributed by atoms with Crippen molar-refractivity contribution in [1.29, 1.82) is 0 Å². The maximum atomic E-state index is 12.2. The maximum absolute atomic E-state index is 12.2.